The molecule has 1 saturated heterocycles. The Morgan fingerprint density at radius 2 is 1.95 bits per heavy atom. The smallest absolute Gasteiger partial charge is 0.308 e. The van der Waals surface area contributed by atoms with E-state index in [0.29, 0.717) is 13.1 Å². The number of carbonyl (C=O) groups is 2. The molecule has 4 nitrogen and oxygen atoms in total. The molecule has 1 aliphatic rings. The van der Waals surface area contributed by atoms with Crippen LogP contribution in [0.5, 0.6) is 0 Å². The van der Waals surface area contributed by atoms with Gasteiger partial charge in [0.1, 0.15) is 0 Å². The lowest BCUT2D eigenvalue weighted by molar-refractivity contribution is -0.142. The zero-order valence-corrected chi connectivity index (χ0v) is 12.7. The van der Waals surface area contributed by atoms with E-state index in [1.807, 2.05) is 37.3 Å². The molecule has 1 N–H and O–H groups in total. The first kappa shape index (κ1) is 15.5. The van der Waals surface area contributed by atoms with Gasteiger partial charge in [0.15, 0.2) is 0 Å². The van der Waals surface area contributed by atoms with Crippen LogP contribution in [0.4, 0.5) is 0 Å². The molecule has 1 aliphatic heterocycles. The minimum absolute atomic E-state index is 0.0181. The third-order valence-electron chi connectivity index (χ3n) is 4.32. The molecule has 0 saturated carbocycles. The predicted octanol–water partition coefficient (Wildman–Crippen LogP) is 2.75. The summed E-state index contributed by atoms with van der Waals surface area (Å²) in [5.74, 6) is -1.31. The fourth-order valence-electron chi connectivity index (χ4n) is 3.10. The van der Waals surface area contributed by atoms with Crippen LogP contribution < -0.4 is 0 Å². The van der Waals surface area contributed by atoms with Gasteiger partial charge < -0.3 is 10.0 Å². The van der Waals surface area contributed by atoms with Gasteiger partial charge >= 0.3 is 5.97 Å². The topological polar surface area (TPSA) is 57.6 Å². The average Bonchev–Trinajstić information content (AvgIpc) is 2.87. The van der Waals surface area contributed by atoms with Crippen molar-refractivity contribution < 1.29 is 14.7 Å². The Balaban J connectivity index is 2.15. The van der Waals surface area contributed by atoms with Crippen molar-refractivity contribution in [1.29, 1.82) is 0 Å². The number of carboxylic acids is 1. The van der Waals surface area contributed by atoms with E-state index in [2.05, 4.69) is 6.92 Å². The van der Waals surface area contributed by atoms with E-state index in [1.165, 1.54) is 0 Å². The molecule has 1 aromatic rings. The van der Waals surface area contributed by atoms with Gasteiger partial charge in [0.05, 0.1) is 11.8 Å². The van der Waals surface area contributed by atoms with Gasteiger partial charge in [-0.2, -0.15) is 0 Å². The number of rotatable bonds is 5. The largest absolute Gasteiger partial charge is 0.481 e. The quantitative estimate of drug-likeness (QED) is 0.906. The molecule has 0 bridgehead atoms. The maximum Gasteiger partial charge on any atom is 0.308 e. The van der Waals surface area contributed by atoms with Gasteiger partial charge in [-0.25, -0.2) is 0 Å². The van der Waals surface area contributed by atoms with Gasteiger partial charge in [0.25, 0.3) is 0 Å². The van der Waals surface area contributed by atoms with E-state index >= 15 is 0 Å². The summed E-state index contributed by atoms with van der Waals surface area (Å²) in [5.41, 5.74) is 1.02. The summed E-state index contributed by atoms with van der Waals surface area (Å²) < 4.78 is 0. The second-order valence-electron chi connectivity index (χ2n) is 5.92. The van der Waals surface area contributed by atoms with E-state index in [1.54, 1.807) is 4.90 Å². The molecule has 0 spiro atoms. The van der Waals surface area contributed by atoms with Crippen molar-refractivity contribution >= 4 is 11.9 Å². The third-order valence-corrected chi connectivity index (χ3v) is 4.32. The van der Waals surface area contributed by atoms with Crippen LogP contribution in [0.1, 0.15) is 38.2 Å². The highest BCUT2D eigenvalue weighted by molar-refractivity contribution is 5.85. The summed E-state index contributed by atoms with van der Waals surface area (Å²) in [6, 6.07) is 9.78. The zero-order valence-electron chi connectivity index (χ0n) is 12.7. The Hall–Kier alpha value is -1.84. The van der Waals surface area contributed by atoms with Gasteiger partial charge in [-0.3, -0.25) is 9.59 Å². The van der Waals surface area contributed by atoms with Crippen molar-refractivity contribution in [3.05, 3.63) is 35.9 Å². The molecule has 114 valence electrons. The van der Waals surface area contributed by atoms with Crippen LogP contribution in [0.2, 0.25) is 0 Å². The molecule has 21 heavy (non-hydrogen) atoms. The van der Waals surface area contributed by atoms with E-state index in [4.69, 9.17) is 0 Å². The highest BCUT2D eigenvalue weighted by Gasteiger charge is 2.38. The maximum absolute atomic E-state index is 12.8. The van der Waals surface area contributed by atoms with Gasteiger partial charge in [-0.1, -0.05) is 50.6 Å². The van der Waals surface area contributed by atoms with Crippen molar-refractivity contribution in [3.63, 3.8) is 0 Å². The Bertz CT molecular complexity index is 500. The SMILES string of the molecule is CCCC(C(=O)N1C[C@@H](C)[C@H](C(=O)O)C1)c1ccccc1. The van der Waals surface area contributed by atoms with Crippen molar-refractivity contribution in [2.75, 3.05) is 13.1 Å². The number of aliphatic carboxylic acids is 1. The summed E-state index contributed by atoms with van der Waals surface area (Å²) in [4.78, 5) is 25.7. The number of benzene rings is 1. The predicted molar refractivity (Wildman–Crippen MR) is 81.0 cm³/mol. The molecule has 2 rings (SSSR count). The number of carboxylic acid groups (broad SMARTS) is 1. The van der Waals surface area contributed by atoms with E-state index in [-0.39, 0.29) is 17.7 Å². The first-order chi connectivity index (χ1) is 10.0. The minimum Gasteiger partial charge on any atom is -0.481 e. The minimum atomic E-state index is -0.801. The Labute approximate surface area is 125 Å². The second kappa shape index (κ2) is 6.74. The molecule has 1 aromatic carbocycles. The highest BCUT2D eigenvalue weighted by atomic mass is 16.4. The lowest BCUT2D eigenvalue weighted by atomic mass is 9.93. The number of carbonyl (C=O) groups excluding carboxylic acids is 1. The molecule has 3 atom stereocenters. The van der Waals surface area contributed by atoms with Crippen molar-refractivity contribution in [3.8, 4) is 0 Å². The Morgan fingerprint density at radius 1 is 1.29 bits per heavy atom. The maximum atomic E-state index is 12.8. The molecule has 0 radical (unpaired) electrons. The standard InChI is InChI=1S/C17H23NO3/c1-3-7-14(13-8-5-4-6-9-13)16(19)18-10-12(2)15(11-18)17(20)21/h4-6,8-9,12,14-15H,3,7,10-11H2,1-2H3,(H,20,21)/t12-,14?,15-/m1/s1. The monoisotopic (exact) mass is 289 g/mol. The number of likely N-dealkylation sites (tertiary alicyclic amines) is 1. The molecule has 1 unspecified atom stereocenters. The molecule has 1 heterocycles. The van der Waals surface area contributed by atoms with Crippen LogP contribution in [0.25, 0.3) is 0 Å². The number of hydrogen-bond donors (Lipinski definition) is 1. The van der Waals surface area contributed by atoms with E-state index < -0.39 is 11.9 Å². The van der Waals surface area contributed by atoms with Gasteiger partial charge in [0.2, 0.25) is 5.91 Å². The van der Waals surface area contributed by atoms with Crippen molar-refractivity contribution in [2.24, 2.45) is 11.8 Å². The van der Waals surface area contributed by atoms with Crippen LogP contribution in [-0.4, -0.2) is 35.0 Å². The summed E-state index contributed by atoms with van der Waals surface area (Å²) in [6.45, 7) is 4.85. The van der Waals surface area contributed by atoms with Gasteiger partial charge in [-0.15, -0.1) is 0 Å². The molecule has 1 amide bonds. The van der Waals surface area contributed by atoms with Crippen LogP contribution in [-0.2, 0) is 9.59 Å². The molecule has 0 aromatic heterocycles. The number of amides is 1. The van der Waals surface area contributed by atoms with E-state index in [0.717, 1.165) is 18.4 Å². The van der Waals surface area contributed by atoms with Crippen LogP contribution in [0, 0.1) is 11.8 Å². The van der Waals surface area contributed by atoms with Crippen LogP contribution in [0.15, 0.2) is 30.3 Å². The number of hydrogen-bond acceptors (Lipinski definition) is 2. The van der Waals surface area contributed by atoms with Crippen LogP contribution in [0.3, 0.4) is 0 Å². The first-order valence-corrected chi connectivity index (χ1v) is 7.61. The summed E-state index contributed by atoms with van der Waals surface area (Å²) >= 11 is 0. The fraction of sp³-hybridized carbons (Fsp3) is 0.529. The molecule has 1 fully saturated rings. The highest BCUT2D eigenvalue weighted by Crippen LogP contribution is 2.29. The molecule has 4 heteroatoms. The Morgan fingerprint density at radius 3 is 2.48 bits per heavy atom. The van der Waals surface area contributed by atoms with E-state index in [9.17, 15) is 14.7 Å². The van der Waals surface area contributed by atoms with Crippen LogP contribution >= 0.6 is 0 Å². The molecular formula is C17H23NO3. The lowest BCUT2D eigenvalue weighted by Crippen LogP contribution is -2.34. The lowest BCUT2D eigenvalue weighted by Gasteiger charge is -2.23. The summed E-state index contributed by atoms with van der Waals surface area (Å²) in [5, 5.41) is 9.20. The fourth-order valence-corrected chi connectivity index (χ4v) is 3.10. The third kappa shape index (κ3) is 3.43. The molecule has 0 aliphatic carbocycles. The summed E-state index contributed by atoms with van der Waals surface area (Å²) in [7, 11) is 0. The van der Waals surface area contributed by atoms with Gasteiger partial charge in [-0.05, 0) is 17.9 Å². The summed E-state index contributed by atoms with van der Waals surface area (Å²) in [6.07, 6.45) is 1.72. The normalized spacial score (nSPS) is 23.0. The van der Waals surface area contributed by atoms with Gasteiger partial charge in [0, 0.05) is 13.1 Å². The number of nitrogens with zero attached hydrogens (tertiary/aromatic N) is 1. The first-order valence-electron chi connectivity index (χ1n) is 7.61. The second-order valence-corrected chi connectivity index (χ2v) is 5.92. The molecular weight excluding hydrogens is 266 g/mol. The van der Waals surface area contributed by atoms with Crippen molar-refractivity contribution in [1.82, 2.24) is 4.90 Å². The average molecular weight is 289 g/mol. The Kier molecular flexibility index (Phi) is 4.99. The zero-order chi connectivity index (χ0) is 15.4. The van der Waals surface area contributed by atoms with Crippen molar-refractivity contribution in [2.45, 2.75) is 32.6 Å².